The molecular weight excluding hydrogens is 256 g/mol. The maximum absolute atomic E-state index is 12.3. The Morgan fingerprint density at radius 3 is 2.47 bits per heavy atom. The molecule has 6 heteroatoms. The highest BCUT2D eigenvalue weighted by Gasteiger charge is 2.27. The van der Waals surface area contributed by atoms with Crippen molar-refractivity contribution in [3.05, 3.63) is 23.9 Å². The number of hydrogen-bond donors (Lipinski definition) is 1. The van der Waals surface area contributed by atoms with E-state index in [9.17, 15) is 13.6 Å². The first-order valence-electron chi connectivity index (χ1n) is 6.20. The second kappa shape index (κ2) is 5.95. The largest absolute Gasteiger partial charge is 0.481 e. The Labute approximate surface area is 109 Å². The Morgan fingerprint density at radius 1 is 1.32 bits per heavy atom. The van der Waals surface area contributed by atoms with Crippen molar-refractivity contribution < 1.29 is 23.4 Å². The van der Waals surface area contributed by atoms with Crippen molar-refractivity contribution in [1.29, 1.82) is 0 Å². The van der Waals surface area contributed by atoms with Gasteiger partial charge in [-0.1, -0.05) is 0 Å². The Bertz CT molecular complexity index is 428. The molecule has 1 saturated carbocycles. The van der Waals surface area contributed by atoms with Gasteiger partial charge in [0.05, 0.1) is 5.92 Å². The first-order chi connectivity index (χ1) is 9.06. The molecule has 0 aromatic carbocycles. The lowest BCUT2D eigenvalue weighted by molar-refractivity contribution is -0.143. The van der Waals surface area contributed by atoms with Crippen LogP contribution in [-0.4, -0.2) is 22.2 Å². The van der Waals surface area contributed by atoms with Crippen molar-refractivity contribution in [1.82, 2.24) is 4.98 Å². The summed E-state index contributed by atoms with van der Waals surface area (Å²) >= 11 is 0. The van der Waals surface area contributed by atoms with Crippen LogP contribution in [0.4, 0.5) is 8.78 Å². The predicted octanol–water partition coefficient (Wildman–Crippen LogP) is 3.04. The maximum atomic E-state index is 12.3. The van der Waals surface area contributed by atoms with E-state index < -0.39 is 12.4 Å². The minimum atomic E-state index is -2.53. The van der Waals surface area contributed by atoms with Crippen molar-refractivity contribution >= 4 is 5.97 Å². The molecular formula is C13H15F2NO3. The van der Waals surface area contributed by atoms with Gasteiger partial charge in [0.25, 0.3) is 6.43 Å². The molecule has 0 saturated heterocycles. The zero-order valence-corrected chi connectivity index (χ0v) is 10.3. The molecule has 1 heterocycles. The lowest BCUT2D eigenvalue weighted by Gasteiger charge is -2.26. The van der Waals surface area contributed by atoms with Gasteiger partial charge in [-0.15, -0.1) is 0 Å². The van der Waals surface area contributed by atoms with Gasteiger partial charge in [-0.05, 0) is 31.7 Å². The first kappa shape index (κ1) is 13.7. The van der Waals surface area contributed by atoms with E-state index in [0.717, 1.165) is 6.20 Å². The smallest absolute Gasteiger partial charge is 0.306 e. The Balaban J connectivity index is 1.87. The highest BCUT2D eigenvalue weighted by Crippen LogP contribution is 2.27. The molecule has 1 aromatic rings. The predicted molar refractivity (Wildman–Crippen MR) is 63.2 cm³/mol. The third kappa shape index (κ3) is 3.62. The van der Waals surface area contributed by atoms with Gasteiger partial charge in [0, 0.05) is 17.8 Å². The van der Waals surface area contributed by atoms with Crippen LogP contribution in [-0.2, 0) is 4.79 Å². The molecule has 1 N–H and O–H groups in total. The molecule has 2 rings (SSSR count). The van der Waals surface area contributed by atoms with Gasteiger partial charge in [0.2, 0.25) is 5.88 Å². The van der Waals surface area contributed by atoms with E-state index in [1.165, 1.54) is 12.1 Å². The molecule has 0 aliphatic heterocycles. The number of carbonyl (C=O) groups is 1. The fourth-order valence-corrected chi connectivity index (χ4v) is 2.19. The zero-order chi connectivity index (χ0) is 13.8. The lowest BCUT2D eigenvalue weighted by atomic mass is 9.87. The molecule has 0 amide bonds. The zero-order valence-electron chi connectivity index (χ0n) is 10.3. The summed E-state index contributed by atoms with van der Waals surface area (Å²) in [6.45, 7) is 0. The van der Waals surface area contributed by atoms with Crippen LogP contribution in [0.15, 0.2) is 18.3 Å². The molecule has 1 aliphatic rings. The lowest BCUT2D eigenvalue weighted by Crippen LogP contribution is -2.28. The van der Waals surface area contributed by atoms with Crippen LogP contribution in [0.1, 0.15) is 37.7 Å². The van der Waals surface area contributed by atoms with Crippen LogP contribution in [0.3, 0.4) is 0 Å². The van der Waals surface area contributed by atoms with Crippen molar-refractivity contribution in [2.24, 2.45) is 5.92 Å². The van der Waals surface area contributed by atoms with E-state index >= 15 is 0 Å². The number of ether oxygens (including phenoxy) is 1. The van der Waals surface area contributed by atoms with E-state index in [1.807, 2.05) is 0 Å². The maximum Gasteiger partial charge on any atom is 0.306 e. The van der Waals surface area contributed by atoms with Crippen LogP contribution in [0.2, 0.25) is 0 Å². The summed E-state index contributed by atoms with van der Waals surface area (Å²) in [6.07, 6.45) is 0.936. The molecule has 1 aromatic heterocycles. The molecule has 0 bridgehead atoms. The fourth-order valence-electron chi connectivity index (χ4n) is 2.19. The molecule has 19 heavy (non-hydrogen) atoms. The van der Waals surface area contributed by atoms with Crippen LogP contribution in [0.5, 0.6) is 5.88 Å². The molecule has 0 radical (unpaired) electrons. The SMILES string of the molecule is O=C(O)C1CCC(Oc2ccc(C(F)F)cn2)CC1. The Kier molecular flexibility index (Phi) is 4.29. The number of hydrogen-bond acceptors (Lipinski definition) is 3. The normalized spacial score (nSPS) is 23.3. The monoisotopic (exact) mass is 271 g/mol. The van der Waals surface area contributed by atoms with Gasteiger partial charge in [-0.25, -0.2) is 13.8 Å². The molecule has 0 atom stereocenters. The van der Waals surface area contributed by atoms with Gasteiger partial charge in [-0.3, -0.25) is 4.79 Å². The number of nitrogens with zero attached hydrogens (tertiary/aromatic N) is 1. The molecule has 1 fully saturated rings. The van der Waals surface area contributed by atoms with E-state index in [0.29, 0.717) is 31.6 Å². The van der Waals surface area contributed by atoms with Crippen molar-refractivity contribution in [2.45, 2.75) is 38.2 Å². The summed E-state index contributed by atoms with van der Waals surface area (Å²) in [7, 11) is 0. The highest BCUT2D eigenvalue weighted by molar-refractivity contribution is 5.70. The third-order valence-electron chi connectivity index (χ3n) is 3.32. The van der Waals surface area contributed by atoms with E-state index in [-0.39, 0.29) is 17.6 Å². The number of alkyl halides is 2. The topological polar surface area (TPSA) is 59.4 Å². The van der Waals surface area contributed by atoms with Crippen LogP contribution >= 0.6 is 0 Å². The number of halogens is 2. The van der Waals surface area contributed by atoms with E-state index in [1.54, 1.807) is 0 Å². The van der Waals surface area contributed by atoms with Crippen LogP contribution in [0, 0.1) is 5.92 Å². The molecule has 0 spiro atoms. The van der Waals surface area contributed by atoms with Crippen LogP contribution in [0.25, 0.3) is 0 Å². The summed E-state index contributed by atoms with van der Waals surface area (Å²) < 4.78 is 30.2. The fraction of sp³-hybridized carbons (Fsp3) is 0.538. The second-order valence-corrected chi connectivity index (χ2v) is 4.66. The summed E-state index contributed by atoms with van der Waals surface area (Å²) in [5.41, 5.74) is -0.137. The van der Waals surface area contributed by atoms with E-state index in [4.69, 9.17) is 9.84 Å². The average molecular weight is 271 g/mol. The Morgan fingerprint density at radius 2 is 2.00 bits per heavy atom. The van der Waals surface area contributed by atoms with Gasteiger partial charge >= 0.3 is 5.97 Å². The third-order valence-corrected chi connectivity index (χ3v) is 3.32. The summed E-state index contributed by atoms with van der Waals surface area (Å²) in [4.78, 5) is 14.6. The number of carboxylic acid groups (broad SMARTS) is 1. The van der Waals surface area contributed by atoms with Crippen molar-refractivity contribution in [2.75, 3.05) is 0 Å². The summed E-state index contributed by atoms with van der Waals surface area (Å²) in [5.74, 6) is -0.755. The minimum absolute atomic E-state index is 0.0829. The Hall–Kier alpha value is -1.72. The van der Waals surface area contributed by atoms with E-state index in [2.05, 4.69) is 4.98 Å². The number of rotatable bonds is 4. The molecule has 1 aliphatic carbocycles. The number of pyridine rings is 1. The molecule has 0 unspecified atom stereocenters. The minimum Gasteiger partial charge on any atom is -0.481 e. The van der Waals surface area contributed by atoms with Crippen LogP contribution < -0.4 is 4.74 Å². The van der Waals surface area contributed by atoms with Crippen molar-refractivity contribution in [3.63, 3.8) is 0 Å². The first-order valence-corrected chi connectivity index (χ1v) is 6.20. The molecule has 4 nitrogen and oxygen atoms in total. The standard InChI is InChI=1S/C13H15F2NO3/c14-12(15)9-3-6-11(16-7-9)19-10-4-1-8(2-5-10)13(17)18/h3,6-8,10,12H,1-2,4-5H2,(H,17,18). The summed E-state index contributed by atoms with van der Waals surface area (Å²) in [5, 5.41) is 8.87. The molecule has 104 valence electrons. The van der Waals surface area contributed by atoms with Gasteiger partial charge in [0.1, 0.15) is 6.10 Å². The van der Waals surface area contributed by atoms with Gasteiger partial charge < -0.3 is 9.84 Å². The second-order valence-electron chi connectivity index (χ2n) is 4.66. The average Bonchev–Trinajstić information content (AvgIpc) is 2.40. The highest BCUT2D eigenvalue weighted by atomic mass is 19.3. The quantitative estimate of drug-likeness (QED) is 0.914. The number of carboxylic acids is 1. The van der Waals surface area contributed by atoms with Gasteiger partial charge in [-0.2, -0.15) is 0 Å². The van der Waals surface area contributed by atoms with Gasteiger partial charge in [0.15, 0.2) is 0 Å². The number of aliphatic carboxylic acids is 1. The number of aromatic nitrogens is 1. The van der Waals surface area contributed by atoms with Crippen molar-refractivity contribution in [3.8, 4) is 5.88 Å². The summed E-state index contributed by atoms with van der Waals surface area (Å²) in [6, 6.07) is 2.71.